The highest BCUT2D eigenvalue weighted by molar-refractivity contribution is 5.96. The molecule has 19 heavy (non-hydrogen) atoms. The summed E-state index contributed by atoms with van der Waals surface area (Å²) in [5, 5.41) is 0. The number of ether oxygens (including phenoxy) is 1. The minimum Gasteiger partial charge on any atom is -0.490 e. The fourth-order valence-electron chi connectivity index (χ4n) is 1.97. The van der Waals surface area contributed by atoms with Gasteiger partial charge in [0, 0.05) is 11.8 Å². The van der Waals surface area contributed by atoms with Crippen molar-refractivity contribution in [1.82, 2.24) is 0 Å². The monoisotopic (exact) mass is 264 g/mol. The van der Waals surface area contributed by atoms with Crippen molar-refractivity contribution in [3.8, 4) is 5.75 Å². The predicted octanol–water partition coefficient (Wildman–Crippen LogP) is 3.11. The average molecular weight is 264 g/mol. The van der Waals surface area contributed by atoms with Crippen molar-refractivity contribution in [2.45, 2.75) is 52.1 Å². The number of anilines is 1. The predicted molar refractivity (Wildman–Crippen MR) is 78.2 cm³/mol. The highest BCUT2D eigenvalue weighted by atomic mass is 16.5. The van der Waals surface area contributed by atoms with Gasteiger partial charge in [-0.25, -0.2) is 0 Å². The Hall–Kier alpha value is -1.71. The molecule has 4 N–H and O–H groups in total. The van der Waals surface area contributed by atoms with Crippen LogP contribution in [0.15, 0.2) is 18.2 Å². The quantitative estimate of drug-likeness (QED) is 0.559. The van der Waals surface area contributed by atoms with Crippen LogP contribution in [0.2, 0.25) is 0 Å². The first-order chi connectivity index (χ1) is 9.04. The molecule has 1 aromatic carbocycles. The van der Waals surface area contributed by atoms with Crippen molar-refractivity contribution < 1.29 is 9.53 Å². The van der Waals surface area contributed by atoms with E-state index in [1.807, 2.05) is 6.92 Å². The summed E-state index contributed by atoms with van der Waals surface area (Å²) in [4.78, 5) is 11.3. The highest BCUT2D eigenvalue weighted by Crippen LogP contribution is 2.23. The topological polar surface area (TPSA) is 78.3 Å². The maximum Gasteiger partial charge on any atom is 0.252 e. The van der Waals surface area contributed by atoms with E-state index in [1.54, 1.807) is 18.2 Å². The fraction of sp³-hybridized carbons (Fsp3) is 0.533. The second kappa shape index (κ2) is 7.67. The third-order valence-corrected chi connectivity index (χ3v) is 3.06. The summed E-state index contributed by atoms with van der Waals surface area (Å²) in [5.41, 5.74) is 12.0. The number of hydrogen-bond acceptors (Lipinski definition) is 3. The Kier molecular flexibility index (Phi) is 6.19. The lowest BCUT2D eigenvalue weighted by atomic mass is 10.1. The van der Waals surface area contributed by atoms with Crippen LogP contribution >= 0.6 is 0 Å². The van der Waals surface area contributed by atoms with Crippen molar-refractivity contribution >= 4 is 11.6 Å². The second-order valence-corrected chi connectivity index (χ2v) is 4.90. The van der Waals surface area contributed by atoms with Crippen LogP contribution < -0.4 is 16.2 Å². The maximum atomic E-state index is 11.3. The van der Waals surface area contributed by atoms with Crippen LogP contribution in [0.5, 0.6) is 5.75 Å². The molecule has 4 heteroatoms. The maximum absolute atomic E-state index is 11.3. The molecule has 0 radical (unpaired) electrons. The third-order valence-electron chi connectivity index (χ3n) is 3.06. The summed E-state index contributed by atoms with van der Waals surface area (Å²) in [6.45, 7) is 4.19. The summed E-state index contributed by atoms with van der Waals surface area (Å²) in [6.07, 6.45) is 5.82. The molecule has 0 aliphatic heterocycles. The normalized spacial score (nSPS) is 12.1. The average Bonchev–Trinajstić information content (AvgIpc) is 2.34. The van der Waals surface area contributed by atoms with Crippen molar-refractivity contribution in [2.75, 3.05) is 5.73 Å². The lowest BCUT2D eigenvalue weighted by molar-refractivity contribution is 0.0993. The molecule has 4 nitrogen and oxygen atoms in total. The Morgan fingerprint density at radius 1 is 1.32 bits per heavy atom. The van der Waals surface area contributed by atoms with Crippen LogP contribution in [-0.4, -0.2) is 12.0 Å². The van der Waals surface area contributed by atoms with E-state index in [1.165, 1.54) is 19.3 Å². The Labute approximate surface area is 115 Å². The molecule has 0 saturated carbocycles. The number of carbonyl (C=O) groups excluding carboxylic acids is 1. The van der Waals surface area contributed by atoms with E-state index in [0.717, 1.165) is 12.8 Å². The number of rotatable bonds is 8. The number of benzene rings is 1. The van der Waals surface area contributed by atoms with Gasteiger partial charge in [0.2, 0.25) is 0 Å². The molecule has 0 heterocycles. The largest absolute Gasteiger partial charge is 0.490 e. The van der Waals surface area contributed by atoms with Gasteiger partial charge in [-0.2, -0.15) is 0 Å². The molecule has 0 aromatic heterocycles. The Bertz CT molecular complexity index is 419. The van der Waals surface area contributed by atoms with Crippen molar-refractivity contribution in [3.63, 3.8) is 0 Å². The van der Waals surface area contributed by atoms with Gasteiger partial charge in [-0.1, -0.05) is 26.2 Å². The van der Waals surface area contributed by atoms with E-state index in [4.69, 9.17) is 16.2 Å². The van der Waals surface area contributed by atoms with E-state index in [2.05, 4.69) is 6.92 Å². The summed E-state index contributed by atoms with van der Waals surface area (Å²) in [7, 11) is 0. The number of amides is 1. The van der Waals surface area contributed by atoms with E-state index >= 15 is 0 Å². The van der Waals surface area contributed by atoms with Gasteiger partial charge in [0.15, 0.2) is 0 Å². The molecule has 0 saturated heterocycles. The number of hydrogen-bond donors (Lipinski definition) is 2. The molecule has 1 unspecified atom stereocenters. The molecule has 1 atom stereocenters. The Balaban J connectivity index is 2.60. The lowest BCUT2D eigenvalue weighted by Crippen LogP contribution is -2.17. The van der Waals surface area contributed by atoms with Crippen LogP contribution in [0.3, 0.4) is 0 Å². The van der Waals surface area contributed by atoms with Crippen molar-refractivity contribution in [2.24, 2.45) is 5.73 Å². The molecule has 106 valence electrons. The van der Waals surface area contributed by atoms with Gasteiger partial charge in [-0.3, -0.25) is 4.79 Å². The number of nitrogens with two attached hydrogens (primary N) is 2. The molecule has 1 aromatic rings. The van der Waals surface area contributed by atoms with Crippen molar-refractivity contribution in [1.29, 1.82) is 0 Å². The van der Waals surface area contributed by atoms with Gasteiger partial charge in [0.1, 0.15) is 5.75 Å². The van der Waals surface area contributed by atoms with Crippen molar-refractivity contribution in [3.05, 3.63) is 23.8 Å². The van der Waals surface area contributed by atoms with Crippen LogP contribution in [-0.2, 0) is 0 Å². The van der Waals surface area contributed by atoms with Crippen LogP contribution in [0.25, 0.3) is 0 Å². The summed E-state index contributed by atoms with van der Waals surface area (Å²) < 4.78 is 5.79. The zero-order chi connectivity index (χ0) is 14.3. The molecule has 0 fully saturated rings. The first-order valence-corrected chi connectivity index (χ1v) is 6.90. The molecule has 0 aliphatic rings. The van der Waals surface area contributed by atoms with Crippen LogP contribution in [0, 0.1) is 0 Å². The van der Waals surface area contributed by atoms with E-state index < -0.39 is 5.91 Å². The fourth-order valence-corrected chi connectivity index (χ4v) is 1.97. The minimum absolute atomic E-state index is 0.0526. The zero-order valence-electron chi connectivity index (χ0n) is 11.8. The van der Waals surface area contributed by atoms with Gasteiger partial charge in [0.25, 0.3) is 5.91 Å². The smallest absolute Gasteiger partial charge is 0.252 e. The number of nitrogen functional groups attached to an aromatic ring is 1. The van der Waals surface area contributed by atoms with Crippen LogP contribution in [0.1, 0.15) is 56.3 Å². The molecular weight excluding hydrogens is 240 g/mol. The molecule has 0 bridgehead atoms. The van der Waals surface area contributed by atoms with E-state index in [-0.39, 0.29) is 6.10 Å². The number of carbonyl (C=O) groups is 1. The Morgan fingerprint density at radius 3 is 2.68 bits per heavy atom. The van der Waals surface area contributed by atoms with E-state index in [9.17, 15) is 4.79 Å². The van der Waals surface area contributed by atoms with E-state index in [0.29, 0.717) is 17.0 Å². The standard InChI is InChI=1S/C15H24N2O2/c1-3-4-5-6-7-11(2)19-14-10-12(16)8-9-13(14)15(17)18/h8-11H,3-7,16H2,1-2H3,(H2,17,18). The Morgan fingerprint density at radius 2 is 2.05 bits per heavy atom. The lowest BCUT2D eigenvalue weighted by Gasteiger charge is -2.17. The molecule has 1 rings (SSSR count). The van der Waals surface area contributed by atoms with Gasteiger partial charge in [-0.15, -0.1) is 0 Å². The molecule has 1 amide bonds. The first kappa shape index (κ1) is 15.3. The third kappa shape index (κ3) is 5.20. The highest BCUT2D eigenvalue weighted by Gasteiger charge is 2.12. The summed E-state index contributed by atoms with van der Waals surface area (Å²) in [6, 6.07) is 4.91. The second-order valence-electron chi connectivity index (χ2n) is 4.90. The van der Waals surface area contributed by atoms with Gasteiger partial charge in [-0.05, 0) is 31.9 Å². The SMILES string of the molecule is CCCCCCC(C)Oc1cc(N)ccc1C(N)=O. The number of unbranched alkanes of at least 4 members (excludes halogenated alkanes) is 3. The molecule has 0 aliphatic carbocycles. The summed E-state index contributed by atoms with van der Waals surface area (Å²) >= 11 is 0. The van der Waals surface area contributed by atoms with Gasteiger partial charge < -0.3 is 16.2 Å². The zero-order valence-corrected chi connectivity index (χ0v) is 11.8. The minimum atomic E-state index is -0.492. The van der Waals surface area contributed by atoms with Gasteiger partial charge >= 0.3 is 0 Å². The first-order valence-electron chi connectivity index (χ1n) is 6.90. The summed E-state index contributed by atoms with van der Waals surface area (Å²) in [5.74, 6) is -0.0105. The molecular formula is C15H24N2O2. The van der Waals surface area contributed by atoms with Crippen LogP contribution in [0.4, 0.5) is 5.69 Å². The molecule has 0 spiro atoms. The number of primary amides is 1. The van der Waals surface area contributed by atoms with Gasteiger partial charge in [0.05, 0.1) is 11.7 Å².